The van der Waals surface area contributed by atoms with Crippen molar-refractivity contribution >= 4 is 23.1 Å². The van der Waals surface area contributed by atoms with Gasteiger partial charge in [0.2, 0.25) is 0 Å². The summed E-state index contributed by atoms with van der Waals surface area (Å²) in [6, 6.07) is 8.29. The number of rotatable bonds is 4. The quantitative estimate of drug-likeness (QED) is 0.385. The summed E-state index contributed by atoms with van der Waals surface area (Å²) in [5.41, 5.74) is 0.115. The first-order chi connectivity index (χ1) is 11.8. The van der Waals surface area contributed by atoms with Crippen molar-refractivity contribution in [2.75, 3.05) is 0 Å². The van der Waals surface area contributed by atoms with E-state index in [-0.39, 0.29) is 16.1 Å². The van der Waals surface area contributed by atoms with E-state index >= 15 is 0 Å². The van der Waals surface area contributed by atoms with Crippen LogP contribution in [0.15, 0.2) is 47.8 Å². The molecule has 0 spiro atoms. The largest absolute Gasteiger partial charge is 0.417 e. The van der Waals surface area contributed by atoms with Crippen LogP contribution < -0.4 is 0 Å². The second-order valence-electron chi connectivity index (χ2n) is 5.24. The third-order valence-electron chi connectivity index (χ3n) is 3.53. The molecule has 0 radical (unpaired) electrons. The zero-order valence-corrected chi connectivity index (χ0v) is 13.6. The lowest BCUT2D eigenvalue weighted by molar-refractivity contribution is -0.384. The molecule has 2 aromatic heterocycles. The van der Waals surface area contributed by atoms with Gasteiger partial charge in [-0.3, -0.25) is 14.5 Å². The molecule has 25 heavy (non-hydrogen) atoms. The Hall–Kier alpha value is -2.62. The van der Waals surface area contributed by atoms with E-state index in [1.54, 1.807) is 19.1 Å². The molecule has 0 amide bonds. The maximum atomic E-state index is 12.9. The molecule has 0 aliphatic heterocycles. The van der Waals surface area contributed by atoms with Gasteiger partial charge in [-0.2, -0.15) is 13.2 Å². The van der Waals surface area contributed by atoms with Crippen molar-refractivity contribution in [3.8, 4) is 0 Å². The molecule has 0 aliphatic carbocycles. The summed E-state index contributed by atoms with van der Waals surface area (Å²) < 4.78 is 39.9. The number of halogens is 3. The second-order valence-corrected chi connectivity index (χ2v) is 6.55. The highest BCUT2D eigenvalue weighted by atomic mass is 32.2. The van der Waals surface area contributed by atoms with Crippen LogP contribution in [0.5, 0.6) is 0 Å². The maximum absolute atomic E-state index is 12.9. The molecule has 130 valence electrons. The van der Waals surface area contributed by atoms with Gasteiger partial charge < -0.3 is 0 Å². The van der Waals surface area contributed by atoms with Crippen LogP contribution in [0, 0.1) is 10.1 Å². The minimum atomic E-state index is -4.47. The number of aromatic nitrogens is 3. The van der Waals surface area contributed by atoms with Crippen LogP contribution in [0.25, 0.3) is 5.65 Å². The Bertz CT molecular complexity index is 942. The van der Waals surface area contributed by atoms with Crippen LogP contribution in [0.3, 0.4) is 0 Å². The van der Waals surface area contributed by atoms with E-state index in [9.17, 15) is 23.3 Å². The fraction of sp³-hybridized carbons (Fsp3) is 0.200. The average Bonchev–Trinajstić information content (AvgIpc) is 2.96. The van der Waals surface area contributed by atoms with Gasteiger partial charge in [0.25, 0.3) is 5.69 Å². The monoisotopic (exact) mass is 368 g/mol. The van der Waals surface area contributed by atoms with Gasteiger partial charge in [0, 0.05) is 23.6 Å². The Labute approximate surface area is 143 Å². The van der Waals surface area contributed by atoms with Gasteiger partial charge in [-0.15, -0.1) is 10.2 Å². The van der Waals surface area contributed by atoms with Crippen molar-refractivity contribution in [2.45, 2.75) is 23.5 Å². The van der Waals surface area contributed by atoms with Gasteiger partial charge in [0.05, 0.1) is 10.5 Å². The molecule has 0 bridgehead atoms. The third kappa shape index (κ3) is 3.58. The average molecular weight is 368 g/mol. The van der Waals surface area contributed by atoms with Crippen molar-refractivity contribution in [1.29, 1.82) is 0 Å². The first kappa shape index (κ1) is 17.2. The summed E-state index contributed by atoms with van der Waals surface area (Å²) in [6.45, 7) is 1.79. The smallest absolute Gasteiger partial charge is 0.277 e. The van der Waals surface area contributed by atoms with Gasteiger partial charge in [0.15, 0.2) is 10.8 Å². The summed E-state index contributed by atoms with van der Waals surface area (Å²) in [5.74, 6) is 0. The number of hydrogen-bond donors (Lipinski definition) is 0. The minimum absolute atomic E-state index is 0.0459. The standard InChI is InChI=1S/C15H11F3N4O2S/c1-9(10-3-2-4-12(7-10)22(23)24)25-14-20-19-13-6-5-11(8-21(13)14)15(16,17)18/h2-9H,1H3. The number of hydrogen-bond acceptors (Lipinski definition) is 5. The fourth-order valence-electron chi connectivity index (χ4n) is 2.24. The van der Waals surface area contributed by atoms with Gasteiger partial charge in [-0.05, 0) is 24.6 Å². The first-order valence-corrected chi connectivity index (χ1v) is 7.96. The lowest BCUT2D eigenvalue weighted by atomic mass is 10.1. The van der Waals surface area contributed by atoms with Crippen LogP contribution >= 0.6 is 11.8 Å². The van der Waals surface area contributed by atoms with Crippen LogP contribution in [0.4, 0.5) is 18.9 Å². The molecule has 6 nitrogen and oxygen atoms in total. The minimum Gasteiger partial charge on any atom is -0.277 e. The SMILES string of the molecule is CC(Sc1nnc2ccc(C(F)(F)F)cn12)c1cccc([N+](=O)[O-])c1. The van der Waals surface area contributed by atoms with Gasteiger partial charge in [-0.1, -0.05) is 23.9 Å². The van der Waals surface area contributed by atoms with E-state index in [1.807, 2.05) is 0 Å². The zero-order valence-electron chi connectivity index (χ0n) is 12.8. The summed E-state index contributed by atoms with van der Waals surface area (Å²) in [5, 5.41) is 18.6. The molecule has 3 rings (SSSR count). The van der Waals surface area contributed by atoms with Gasteiger partial charge in [-0.25, -0.2) is 0 Å². The first-order valence-electron chi connectivity index (χ1n) is 7.08. The van der Waals surface area contributed by atoms with Crippen molar-refractivity contribution in [3.05, 3.63) is 63.8 Å². The number of alkyl halides is 3. The number of thioether (sulfide) groups is 1. The molecule has 0 aliphatic rings. The van der Waals surface area contributed by atoms with E-state index < -0.39 is 16.7 Å². The third-order valence-corrected chi connectivity index (χ3v) is 4.65. The van der Waals surface area contributed by atoms with Gasteiger partial charge in [0.1, 0.15) is 0 Å². The van der Waals surface area contributed by atoms with Crippen molar-refractivity contribution in [3.63, 3.8) is 0 Å². The lowest BCUT2D eigenvalue weighted by Gasteiger charge is -2.11. The zero-order chi connectivity index (χ0) is 18.2. The van der Waals surface area contributed by atoms with Gasteiger partial charge >= 0.3 is 6.18 Å². The summed E-state index contributed by atoms with van der Waals surface area (Å²) in [4.78, 5) is 10.4. The van der Waals surface area contributed by atoms with E-state index in [0.717, 1.165) is 12.3 Å². The Morgan fingerprint density at radius 3 is 2.68 bits per heavy atom. The molecule has 1 atom stereocenters. The molecule has 1 aromatic carbocycles. The Morgan fingerprint density at radius 1 is 1.24 bits per heavy atom. The van der Waals surface area contributed by atoms with E-state index in [0.29, 0.717) is 11.2 Å². The number of nitro groups is 1. The normalized spacial score (nSPS) is 13.1. The van der Waals surface area contributed by atoms with E-state index in [1.165, 1.54) is 34.4 Å². The van der Waals surface area contributed by atoms with Crippen molar-refractivity contribution in [1.82, 2.24) is 14.6 Å². The topological polar surface area (TPSA) is 73.3 Å². The molecule has 0 saturated carbocycles. The second kappa shape index (κ2) is 6.36. The van der Waals surface area contributed by atoms with E-state index in [4.69, 9.17) is 0 Å². The number of nitrogens with zero attached hydrogens (tertiary/aromatic N) is 4. The number of benzene rings is 1. The van der Waals surface area contributed by atoms with Crippen molar-refractivity contribution in [2.24, 2.45) is 0 Å². The molecule has 10 heteroatoms. The fourth-order valence-corrected chi connectivity index (χ4v) is 3.18. The van der Waals surface area contributed by atoms with Crippen LogP contribution in [-0.2, 0) is 6.18 Å². The molecule has 0 fully saturated rings. The Balaban J connectivity index is 1.92. The molecule has 0 N–H and O–H groups in total. The number of non-ortho nitro benzene ring substituents is 1. The van der Waals surface area contributed by atoms with Crippen LogP contribution in [0.2, 0.25) is 0 Å². The van der Waals surface area contributed by atoms with E-state index in [2.05, 4.69) is 10.2 Å². The number of fused-ring (bicyclic) bond motifs is 1. The highest BCUT2D eigenvalue weighted by Crippen LogP contribution is 2.36. The Morgan fingerprint density at radius 2 is 2.00 bits per heavy atom. The summed E-state index contributed by atoms with van der Waals surface area (Å²) >= 11 is 1.17. The molecule has 2 heterocycles. The lowest BCUT2D eigenvalue weighted by Crippen LogP contribution is -2.06. The molecule has 3 aromatic rings. The molecule has 0 saturated heterocycles. The maximum Gasteiger partial charge on any atom is 0.417 e. The Kier molecular flexibility index (Phi) is 4.38. The summed E-state index contributed by atoms with van der Waals surface area (Å²) in [6.07, 6.45) is -3.52. The predicted octanol–water partition coefficient (Wildman–Crippen LogP) is 4.51. The van der Waals surface area contributed by atoms with Crippen molar-refractivity contribution < 1.29 is 18.1 Å². The molecular formula is C15H11F3N4O2S. The number of pyridine rings is 1. The predicted molar refractivity (Wildman–Crippen MR) is 85.4 cm³/mol. The number of nitro benzene ring substituents is 1. The highest BCUT2D eigenvalue weighted by Gasteiger charge is 2.31. The highest BCUT2D eigenvalue weighted by molar-refractivity contribution is 7.99. The molecular weight excluding hydrogens is 357 g/mol. The summed E-state index contributed by atoms with van der Waals surface area (Å²) in [7, 11) is 0. The molecule has 1 unspecified atom stereocenters. The van der Waals surface area contributed by atoms with Crippen LogP contribution in [-0.4, -0.2) is 19.5 Å². The van der Waals surface area contributed by atoms with Crippen LogP contribution in [0.1, 0.15) is 23.3 Å².